The Morgan fingerprint density at radius 1 is 0.903 bits per heavy atom. The molecule has 0 aliphatic heterocycles. The Bertz CT molecular complexity index is 1330. The lowest BCUT2D eigenvalue weighted by Crippen LogP contribution is -2.07. The molecule has 0 atom stereocenters. The van der Waals surface area contributed by atoms with Crippen molar-refractivity contribution in [1.29, 1.82) is 0 Å². The zero-order valence-electron chi connectivity index (χ0n) is 16.8. The summed E-state index contributed by atoms with van der Waals surface area (Å²) < 4.78 is 6.37. The average molecular weight is 482 g/mol. The lowest BCUT2D eigenvalue weighted by molar-refractivity contribution is 0.0493. The van der Waals surface area contributed by atoms with E-state index in [9.17, 15) is 4.79 Å². The van der Waals surface area contributed by atoms with Crippen molar-refractivity contribution in [2.45, 2.75) is 19.8 Å². The van der Waals surface area contributed by atoms with Crippen molar-refractivity contribution in [1.82, 2.24) is 4.98 Å². The van der Waals surface area contributed by atoms with Gasteiger partial charge in [0.15, 0.2) is 0 Å². The minimum absolute atomic E-state index is 0.347. The smallest absolute Gasteiger partial charge is 0.356 e. The number of nitrogens with zero attached hydrogens (tertiary/aromatic N) is 1. The molecule has 0 saturated carbocycles. The molecule has 0 bridgehead atoms. The van der Waals surface area contributed by atoms with Gasteiger partial charge in [0.05, 0.1) is 11.3 Å². The highest BCUT2D eigenvalue weighted by atomic mass is 32.1. The van der Waals surface area contributed by atoms with Crippen LogP contribution in [-0.2, 0) is 4.74 Å². The molecule has 0 aliphatic carbocycles. The predicted molar refractivity (Wildman–Crippen MR) is 135 cm³/mol. The summed E-state index contributed by atoms with van der Waals surface area (Å²) in [6.07, 6.45) is 3.65. The van der Waals surface area contributed by atoms with E-state index in [4.69, 9.17) is 4.74 Å². The summed E-state index contributed by atoms with van der Waals surface area (Å²) in [4.78, 5) is 24.1. The van der Waals surface area contributed by atoms with Gasteiger partial charge in [-0.1, -0.05) is 19.4 Å². The minimum Gasteiger partial charge on any atom is -0.461 e. The number of hydrogen-bond acceptors (Lipinski definition) is 7. The third-order valence-electron chi connectivity index (χ3n) is 4.81. The average Bonchev–Trinajstić information content (AvgIpc) is 3.57. The number of aromatic nitrogens is 1. The summed E-state index contributed by atoms with van der Waals surface area (Å²) in [6, 6.07) is 17.0. The van der Waals surface area contributed by atoms with Crippen molar-refractivity contribution in [3.05, 3.63) is 65.8 Å². The summed E-state index contributed by atoms with van der Waals surface area (Å²) >= 11 is 7.11. The Balaban J connectivity index is 1.38. The molecule has 5 aromatic rings. The first-order valence-corrected chi connectivity index (χ1v) is 13.3. The fraction of sp³-hybridized carbons (Fsp3) is 0.167. The fourth-order valence-corrected chi connectivity index (χ4v) is 7.22. The van der Waals surface area contributed by atoms with Crippen molar-refractivity contribution in [3.8, 4) is 29.3 Å². The molecule has 7 heteroatoms. The van der Waals surface area contributed by atoms with E-state index in [2.05, 4.69) is 59.8 Å². The molecule has 0 aliphatic rings. The molecule has 0 amide bonds. The fourth-order valence-electron chi connectivity index (χ4n) is 3.19. The Kier molecular flexibility index (Phi) is 6.00. The Morgan fingerprint density at radius 3 is 2.29 bits per heavy atom. The maximum atomic E-state index is 12.2. The van der Waals surface area contributed by atoms with Gasteiger partial charge in [-0.05, 0) is 59.7 Å². The molecule has 0 unspecified atom stereocenters. The van der Waals surface area contributed by atoms with Gasteiger partial charge in [-0.2, -0.15) is 0 Å². The third-order valence-corrected chi connectivity index (χ3v) is 9.52. The first-order valence-electron chi connectivity index (χ1n) is 10.0. The van der Waals surface area contributed by atoms with Crippen LogP contribution in [0, 0.1) is 0 Å². The highest BCUT2D eigenvalue weighted by molar-refractivity contribution is 7.29. The van der Waals surface area contributed by atoms with Gasteiger partial charge in [0, 0.05) is 35.5 Å². The van der Waals surface area contributed by atoms with Gasteiger partial charge in [0.2, 0.25) is 0 Å². The SMILES string of the molecule is CCCCOC(=O)c1cc2cc(-c3ccc(-c4ccc(-c5cccs5)s4)s3)sc2cn1. The molecule has 3 nitrogen and oxygen atoms in total. The molecule has 0 N–H and O–H groups in total. The van der Waals surface area contributed by atoms with E-state index in [1.54, 1.807) is 40.2 Å². The predicted octanol–water partition coefficient (Wildman–Crippen LogP) is 8.44. The number of rotatable bonds is 7. The second kappa shape index (κ2) is 9.04. The number of fused-ring (bicyclic) bond motifs is 1. The van der Waals surface area contributed by atoms with E-state index in [0.29, 0.717) is 12.3 Å². The standard InChI is InChI=1S/C24H19NO2S4/c1-2-3-10-27-24(26)16-12-15-13-22(31-23(15)14-25-16)21-9-8-20(30-21)19-7-6-18(29-19)17-5-4-11-28-17/h4-9,11-14H,2-3,10H2,1H3. The number of ether oxygens (including phenoxy) is 1. The number of pyridine rings is 1. The van der Waals surface area contributed by atoms with Crippen LogP contribution in [-0.4, -0.2) is 17.6 Å². The van der Waals surface area contributed by atoms with Gasteiger partial charge >= 0.3 is 5.97 Å². The summed E-state index contributed by atoms with van der Waals surface area (Å²) in [5, 5.41) is 3.15. The van der Waals surface area contributed by atoms with Crippen LogP contribution in [0.5, 0.6) is 0 Å². The van der Waals surface area contributed by atoms with Gasteiger partial charge in [-0.15, -0.1) is 45.3 Å². The second-order valence-electron chi connectivity index (χ2n) is 7.01. The zero-order chi connectivity index (χ0) is 21.2. The van der Waals surface area contributed by atoms with Crippen LogP contribution in [0.25, 0.3) is 39.3 Å². The van der Waals surface area contributed by atoms with Crippen molar-refractivity contribution >= 4 is 61.4 Å². The molecule has 5 heterocycles. The zero-order valence-corrected chi connectivity index (χ0v) is 20.1. The van der Waals surface area contributed by atoms with E-state index in [0.717, 1.165) is 22.9 Å². The Labute approximate surface area is 196 Å². The number of thiophene rings is 4. The molecule has 0 fully saturated rings. The molecule has 156 valence electrons. The summed E-state index contributed by atoms with van der Waals surface area (Å²) in [7, 11) is 0. The molecule has 0 saturated heterocycles. The number of carbonyl (C=O) groups excluding carboxylic acids is 1. The highest BCUT2D eigenvalue weighted by Gasteiger charge is 2.14. The molecule has 5 rings (SSSR count). The van der Waals surface area contributed by atoms with Crippen LogP contribution < -0.4 is 0 Å². The van der Waals surface area contributed by atoms with E-state index >= 15 is 0 Å². The largest absolute Gasteiger partial charge is 0.461 e. The lowest BCUT2D eigenvalue weighted by Gasteiger charge is -2.02. The van der Waals surface area contributed by atoms with E-state index < -0.39 is 0 Å². The van der Waals surface area contributed by atoms with Crippen LogP contribution in [0.15, 0.2) is 60.1 Å². The van der Waals surface area contributed by atoms with Crippen molar-refractivity contribution in [2.24, 2.45) is 0 Å². The van der Waals surface area contributed by atoms with Crippen LogP contribution in [0.4, 0.5) is 0 Å². The summed E-state index contributed by atoms with van der Waals surface area (Å²) in [6.45, 7) is 2.51. The van der Waals surface area contributed by atoms with Crippen molar-refractivity contribution in [2.75, 3.05) is 6.61 Å². The van der Waals surface area contributed by atoms with Gasteiger partial charge in [-0.3, -0.25) is 0 Å². The molecule has 0 spiro atoms. The monoisotopic (exact) mass is 481 g/mol. The Hall–Kier alpha value is -2.32. The van der Waals surface area contributed by atoms with Gasteiger partial charge < -0.3 is 4.74 Å². The number of carbonyl (C=O) groups is 1. The second-order valence-corrected chi connectivity index (χ2v) is 11.2. The molecule has 0 radical (unpaired) electrons. The maximum absolute atomic E-state index is 12.2. The van der Waals surface area contributed by atoms with Gasteiger partial charge in [-0.25, -0.2) is 9.78 Å². The van der Waals surface area contributed by atoms with Crippen LogP contribution >= 0.6 is 45.3 Å². The van der Waals surface area contributed by atoms with Crippen LogP contribution in [0.3, 0.4) is 0 Å². The van der Waals surface area contributed by atoms with E-state index in [-0.39, 0.29) is 5.97 Å². The molecular weight excluding hydrogens is 463 g/mol. The highest BCUT2D eigenvalue weighted by Crippen LogP contribution is 2.43. The maximum Gasteiger partial charge on any atom is 0.356 e. The molecule has 5 aromatic heterocycles. The lowest BCUT2D eigenvalue weighted by atomic mass is 10.2. The third kappa shape index (κ3) is 4.36. The summed E-state index contributed by atoms with van der Waals surface area (Å²) in [5.74, 6) is -0.347. The van der Waals surface area contributed by atoms with Crippen molar-refractivity contribution in [3.63, 3.8) is 0 Å². The first-order chi connectivity index (χ1) is 15.2. The minimum atomic E-state index is -0.347. The summed E-state index contributed by atoms with van der Waals surface area (Å²) in [5.41, 5.74) is 0.375. The Morgan fingerprint density at radius 2 is 1.61 bits per heavy atom. The molecule has 0 aromatic carbocycles. The van der Waals surface area contributed by atoms with E-state index in [1.807, 2.05) is 17.4 Å². The van der Waals surface area contributed by atoms with E-state index in [1.165, 1.54) is 29.3 Å². The first kappa shape index (κ1) is 20.6. The van der Waals surface area contributed by atoms with Crippen LogP contribution in [0.1, 0.15) is 30.3 Å². The normalized spacial score (nSPS) is 11.3. The van der Waals surface area contributed by atoms with Gasteiger partial charge in [0.25, 0.3) is 0 Å². The number of esters is 1. The molecule has 31 heavy (non-hydrogen) atoms. The van der Waals surface area contributed by atoms with Gasteiger partial charge in [0.1, 0.15) is 5.69 Å². The molecular formula is C24H19NO2S4. The quantitative estimate of drug-likeness (QED) is 0.173. The number of hydrogen-bond donors (Lipinski definition) is 0. The van der Waals surface area contributed by atoms with Crippen molar-refractivity contribution < 1.29 is 9.53 Å². The number of unbranched alkanes of at least 4 members (excludes halogenated alkanes) is 1. The van der Waals surface area contributed by atoms with Crippen LogP contribution in [0.2, 0.25) is 0 Å². The topological polar surface area (TPSA) is 39.2 Å².